The average Bonchev–Trinajstić information content (AvgIpc) is 0.722. The third-order valence-corrected chi connectivity index (χ3v) is 0. The van der Waals surface area contributed by atoms with E-state index in [1.54, 1.807) is 0 Å². The standard InChI is InChI=1S/2ClH.Na.H3O4P.H/c;;;1-5(2,3)4;/h2*1H;;(H3,1,2,3,4);/q;;+1;;-1. The van der Waals surface area contributed by atoms with Gasteiger partial charge in [-0.15, -0.1) is 24.8 Å². The SMILES string of the molecule is Cl.Cl.O=P(O)(O)O.[H-].[Na+]. The van der Waals surface area contributed by atoms with Crippen LogP contribution in [0.5, 0.6) is 0 Å². The molecule has 8 heteroatoms. The van der Waals surface area contributed by atoms with Gasteiger partial charge < -0.3 is 16.1 Å². The van der Waals surface area contributed by atoms with E-state index in [1.807, 2.05) is 0 Å². The third kappa shape index (κ3) is 121. The number of hydrogen-bond acceptors (Lipinski definition) is 1. The molecule has 0 aromatic heterocycles. The molecule has 3 N–H and O–H groups in total. The molecule has 0 atom stereocenters. The summed E-state index contributed by atoms with van der Waals surface area (Å²) in [5, 5.41) is 0. The Morgan fingerprint density at radius 1 is 1.12 bits per heavy atom. The van der Waals surface area contributed by atoms with Crippen molar-refractivity contribution < 1.29 is 50.2 Å². The second-order valence-electron chi connectivity index (χ2n) is 0.513. The van der Waals surface area contributed by atoms with Crippen LogP contribution in [0, 0.1) is 0 Å². The fourth-order valence-electron chi connectivity index (χ4n) is 0. The minimum absolute atomic E-state index is 0. The molecule has 0 aliphatic carbocycles. The smallest absolute Gasteiger partial charge is 1.00 e. The molecule has 0 saturated carbocycles. The largest absolute Gasteiger partial charge is 1.00 e. The van der Waals surface area contributed by atoms with Gasteiger partial charge in [0, 0.05) is 0 Å². The summed E-state index contributed by atoms with van der Waals surface area (Å²) in [6.07, 6.45) is 0. The molecule has 8 heavy (non-hydrogen) atoms. The zero-order valence-corrected chi connectivity index (χ0v) is 8.54. The predicted octanol–water partition coefficient (Wildman–Crippen LogP) is -2.97. The molecule has 0 rings (SSSR count). The van der Waals surface area contributed by atoms with Crippen molar-refractivity contribution in [2.75, 3.05) is 0 Å². The molecule has 0 bridgehead atoms. The van der Waals surface area contributed by atoms with E-state index < -0.39 is 7.82 Å². The Labute approximate surface area is 82.5 Å². The maximum absolute atomic E-state index is 8.88. The van der Waals surface area contributed by atoms with Crippen molar-refractivity contribution in [3.63, 3.8) is 0 Å². The fraction of sp³-hybridized carbons (Fsp3) is 0. The van der Waals surface area contributed by atoms with Gasteiger partial charge in [-0.1, -0.05) is 0 Å². The number of halogens is 2. The summed E-state index contributed by atoms with van der Waals surface area (Å²) >= 11 is 0. The quantitative estimate of drug-likeness (QED) is 0.285. The normalized spacial score (nSPS) is 7.38. The first kappa shape index (κ1) is 22.6. The summed E-state index contributed by atoms with van der Waals surface area (Å²) in [5.41, 5.74) is 0. The molecule has 50 valence electrons. The average molecular weight is 195 g/mol. The Bertz CT molecular complexity index is 64.7. The summed E-state index contributed by atoms with van der Waals surface area (Å²) in [7, 11) is -4.64. The summed E-state index contributed by atoms with van der Waals surface area (Å²) in [5.74, 6) is 0. The Kier molecular flexibility index (Phi) is 24.6. The molecule has 4 nitrogen and oxygen atoms in total. The van der Waals surface area contributed by atoms with E-state index in [2.05, 4.69) is 0 Å². The third-order valence-electron chi connectivity index (χ3n) is 0. The predicted molar refractivity (Wildman–Crippen MR) is 29.9 cm³/mol. The molecule has 0 aliphatic heterocycles. The van der Waals surface area contributed by atoms with E-state index in [1.165, 1.54) is 0 Å². The molecule has 0 spiro atoms. The van der Waals surface area contributed by atoms with Crippen LogP contribution in [0.2, 0.25) is 0 Å². The van der Waals surface area contributed by atoms with Gasteiger partial charge in [0.25, 0.3) is 0 Å². The van der Waals surface area contributed by atoms with Crippen molar-refractivity contribution in [1.29, 1.82) is 0 Å². The molecule has 0 aliphatic rings. The minimum atomic E-state index is -4.64. The Morgan fingerprint density at radius 2 is 1.12 bits per heavy atom. The van der Waals surface area contributed by atoms with E-state index in [9.17, 15) is 0 Å². The maximum atomic E-state index is 8.88. The molecule has 0 saturated heterocycles. The van der Waals surface area contributed by atoms with Gasteiger partial charge in [-0.05, 0) is 0 Å². The van der Waals surface area contributed by atoms with Crippen LogP contribution in [-0.2, 0) is 4.57 Å². The van der Waals surface area contributed by atoms with Crippen LogP contribution in [0.15, 0.2) is 0 Å². The monoisotopic (exact) mass is 194 g/mol. The van der Waals surface area contributed by atoms with Crippen LogP contribution in [-0.4, -0.2) is 14.7 Å². The van der Waals surface area contributed by atoms with E-state index in [0.29, 0.717) is 0 Å². The molecular formula is H6Cl2NaO4P. The van der Waals surface area contributed by atoms with Crippen molar-refractivity contribution in [3.05, 3.63) is 0 Å². The first-order valence-electron chi connectivity index (χ1n) is 0.783. The first-order valence-corrected chi connectivity index (χ1v) is 2.35. The number of phosphoric acid groups is 1. The summed E-state index contributed by atoms with van der Waals surface area (Å²) in [4.78, 5) is 21.6. The van der Waals surface area contributed by atoms with Gasteiger partial charge in [-0.25, -0.2) is 4.57 Å². The van der Waals surface area contributed by atoms with Crippen molar-refractivity contribution in [1.82, 2.24) is 0 Å². The van der Waals surface area contributed by atoms with Crippen molar-refractivity contribution >= 4 is 32.6 Å². The van der Waals surface area contributed by atoms with Crippen LogP contribution >= 0.6 is 32.6 Å². The molecule has 0 aromatic carbocycles. The Balaban J connectivity index is -0.0000000133. The number of rotatable bonds is 0. The van der Waals surface area contributed by atoms with Crippen molar-refractivity contribution in [2.45, 2.75) is 0 Å². The van der Waals surface area contributed by atoms with Crippen LogP contribution in [0.25, 0.3) is 0 Å². The van der Waals surface area contributed by atoms with Crippen LogP contribution in [0.1, 0.15) is 1.43 Å². The maximum Gasteiger partial charge on any atom is 1.00 e. The molecule has 0 fully saturated rings. The zero-order chi connectivity index (χ0) is 4.50. The molecule has 0 unspecified atom stereocenters. The molecule has 0 radical (unpaired) electrons. The van der Waals surface area contributed by atoms with Gasteiger partial charge in [0.1, 0.15) is 0 Å². The van der Waals surface area contributed by atoms with E-state index in [0.717, 1.165) is 0 Å². The summed E-state index contributed by atoms with van der Waals surface area (Å²) in [6.45, 7) is 0. The van der Waals surface area contributed by atoms with Crippen LogP contribution in [0.4, 0.5) is 0 Å². The molecular weight excluding hydrogens is 189 g/mol. The molecule has 0 heterocycles. The summed E-state index contributed by atoms with van der Waals surface area (Å²) in [6, 6.07) is 0. The number of hydrogen-bond donors (Lipinski definition) is 3. The van der Waals surface area contributed by atoms with Gasteiger partial charge in [-0.2, -0.15) is 0 Å². The van der Waals surface area contributed by atoms with Gasteiger partial charge in [0.2, 0.25) is 0 Å². The Morgan fingerprint density at radius 3 is 1.12 bits per heavy atom. The topological polar surface area (TPSA) is 77.8 Å². The first-order chi connectivity index (χ1) is 2.00. The second kappa shape index (κ2) is 8.69. The van der Waals surface area contributed by atoms with Crippen molar-refractivity contribution in [3.8, 4) is 0 Å². The fourth-order valence-corrected chi connectivity index (χ4v) is 0. The Hall–Kier alpha value is 1.69. The van der Waals surface area contributed by atoms with Crippen LogP contribution in [0.3, 0.4) is 0 Å². The van der Waals surface area contributed by atoms with Crippen molar-refractivity contribution in [2.24, 2.45) is 0 Å². The second-order valence-corrected chi connectivity index (χ2v) is 1.54. The van der Waals surface area contributed by atoms with E-state index >= 15 is 0 Å². The molecule has 0 amide bonds. The molecule has 0 aromatic rings. The minimum Gasteiger partial charge on any atom is -1.00 e. The summed E-state index contributed by atoms with van der Waals surface area (Å²) < 4.78 is 8.88. The zero-order valence-electron chi connectivity index (χ0n) is 5.01. The van der Waals surface area contributed by atoms with E-state index in [4.69, 9.17) is 19.2 Å². The van der Waals surface area contributed by atoms with Gasteiger partial charge in [-0.3, -0.25) is 0 Å². The van der Waals surface area contributed by atoms with Gasteiger partial charge in [0.15, 0.2) is 0 Å². The van der Waals surface area contributed by atoms with Crippen LogP contribution < -0.4 is 29.6 Å². The van der Waals surface area contributed by atoms with Gasteiger partial charge in [0.05, 0.1) is 0 Å². The van der Waals surface area contributed by atoms with E-state index in [-0.39, 0.29) is 55.8 Å². The van der Waals surface area contributed by atoms with Gasteiger partial charge >= 0.3 is 37.4 Å².